The number of alkyl halides is 3. The van der Waals surface area contributed by atoms with E-state index in [0.29, 0.717) is 22.9 Å². The third-order valence-electron chi connectivity index (χ3n) is 5.77. The van der Waals surface area contributed by atoms with Crippen LogP contribution in [0.3, 0.4) is 0 Å². The molecular formula is C22H19F3N6O. The zero-order chi connectivity index (χ0) is 22.3. The molecule has 3 aliphatic rings. The first kappa shape index (κ1) is 20.2. The van der Waals surface area contributed by atoms with Crippen molar-refractivity contribution in [3.63, 3.8) is 0 Å². The molecule has 1 saturated heterocycles. The van der Waals surface area contributed by atoms with Crippen LogP contribution in [0, 0.1) is 0 Å². The number of anilines is 3. The number of rotatable bonds is 2. The molecular weight excluding hydrogens is 421 g/mol. The largest absolute Gasteiger partial charge is 0.416 e. The highest BCUT2D eigenvalue weighted by atomic mass is 19.4. The minimum atomic E-state index is -4.45. The van der Waals surface area contributed by atoms with E-state index in [2.05, 4.69) is 25.2 Å². The van der Waals surface area contributed by atoms with E-state index in [-0.39, 0.29) is 12.1 Å². The molecule has 0 unspecified atom stereocenters. The SMILES string of the molecule is O=C(Nc1ccncn1)N1c2nc(-c3cccc(C(F)(F)F)c3)ccc2N2CCC1CC2. The van der Waals surface area contributed by atoms with Crippen molar-refractivity contribution in [2.45, 2.75) is 25.1 Å². The van der Waals surface area contributed by atoms with Crippen LogP contribution in [0.15, 0.2) is 55.0 Å². The standard InChI is InChI=1S/C22H19F3N6O/c23-22(24,25)15-3-1-2-14(12-15)17-4-5-18-20(28-17)31(16-7-10-30(18)11-8-16)21(32)29-19-6-9-26-13-27-19/h1-6,9,12-13,16H,7-8,10-11H2,(H,26,27,29,32). The first-order valence-corrected chi connectivity index (χ1v) is 10.2. The fraction of sp³-hybridized carbons (Fsp3) is 0.273. The molecule has 10 heteroatoms. The van der Waals surface area contributed by atoms with Crippen LogP contribution in [0.5, 0.6) is 0 Å². The van der Waals surface area contributed by atoms with Gasteiger partial charge in [-0.25, -0.2) is 19.7 Å². The molecule has 0 spiro atoms. The summed E-state index contributed by atoms with van der Waals surface area (Å²) in [5.41, 5.74) is 0.759. The van der Waals surface area contributed by atoms with Crippen LogP contribution in [-0.2, 0) is 6.18 Å². The molecule has 0 saturated carbocycles. The number of carbonyl (C=O) groups excluding carboxylic acids is 1. The van der Waals surface area contributed by atoms with Crippen molar-refractivity contribution >= 4 is 23.4 Å². The van der Waals surface area contributed by atoms with Gasteiger partial charge in [0.2, 0.25) is 0 Å². The maximum absolute atomic E-state index is 13.3. The summed E-state index contributed by atoms with van der Waals surface area (Å²) < 4.78 is 39.6. The predicted molar refractivity (Wildman–Crippen MR) is 113 cm³/mol. The molecule has 0 aliphatic carbocycles. The molecule has 2 amide bonds. The lowest BCUT2D eigenvalue weighted by Crippen LogP contribution is -2.46. The molecule has 1 N–H and O–H groups in total. The molecule has 0 atom stereocenters. The van der Waals surface area contributed by atoms with Crippen molar-refractivity contribution in [2.24, 2.45) is 0 Å². The van der Waals surface area contributed by atoms with Crippen LogP contribution >= 0.6 is 0 Å². The lowest BCUT2D eigenvalue weighted by atomic mass is 10.1. The number of pyridine rings is 1. The Morgan fingerprint density at radius 2 is 1.91 bits per heavy atom. The molecule has 6 rings (SSSR count). The molecule has 0 radical (unpaired) electrons. The number of hydrogen-bond donors (Lipinski definition) is 1. The Kier molecular flexibility index (Phi) is 4.91. The molecule has 1 aromatic carbocycles. The topological polar surface area (TPSA) is 74.2 Å². The fourth-order valence-corrected chi connectivity index (χ4v) is 4.22. The van der Waals surface area contributed by atoms with Gasteiger partial charge in [-0.1, -0.05) is 12.1 Å². The third kappa shape index (κ3) is 3.72. The number of piperidine rings is 1. The monoisotopic (exact) mass is 440 g/mol. The summed E-state index contributed by atoms with van der Waals surface area (Å²) >= 11 is 0. The molecule has 3 aliphatic heterocycles. The molecule has 3 aromatic rings. The van der Waals surface area contributed by atoms with Crippen molar-refractivity contribution in [3.8, 4) is 11.3 Å². The van der Waals surface area contributed by atoms with Crippen LogP contribution in [0.25, 0.3) is 11.3 Å². The second-order valence-electron chi connectivity index (χ2n) is 7.73. The molecule has 164 valence electrons. The van der Waals surface area contributed by atoms with E-state index in [9.17, 15) is 18.0 Å². The highest BCUT2D eigenvalue weighted by Crippen LogP contribution is 2.40. The van der Waals surface area contributed by atoms with Gasteiger partial charge in [-0.3, -0.25) is 10.2 Å². The maximum atomic E-state index is 13.3. The number of fused-ring (bicyclic) bond motifs is 2. The van der Waals surface area contributed by atoms with Gasteiger partial charge in [0.1, 0.15) is 12.1 Å². The van der Waals surface area contributed by atoms with Crippen molar-refractivity contribution in [2.75, 3.05) is 28.2 Å². The van der Waals surface area contributed by atoms with Crippen molar-refractivity contribution < 1.29 is 18.0 Å². The van der Waals surface area contributed by atoms with Gasteiger partial charge in [0.15, 0.2) is 5.82 Å². The van der Waals surface area contributed by atoms with E-state index in [0.717, 1.165) is 43.8 Å². The third-order valence-corrected chi connectivity index (χ3v) is 5.77. The van der Waals surface area contributed by atoms with Crippen LogP contribution < -0.4 is 15.1 Å². The summed E-state index contributed by atoms with van der Waals surface area (Å²) in [7, 11) is 0. The zero-order valence-corrected chi connectivity index (χ0v) is 16.9. The number of nitrogens with one attached hydrogen (secondary N) is 1. The number of benzene rings is 1. The summed E-state index contributed by atoms with van der Waals surface area (Å²) in [4.78, 5) is 29.6. The van der Waals surface area contributed by atoms with E-state index < -0.39 is 11.7 Å². The first-order chi connectivity index (χ1) is 15.4. The van der Waals surface area contributed by atoms with Gasteiger partial charge in [-0.2, -0.15) is 13.2 Å². The summed E-state index contributed by atoms with van der Waals surface area (Å²) in [6.45, 7) is 1.55. The Morgan fingerprint density at radius 3 is 2.62 bits per heavy atom. The minimum Gasteiger partial charge on any atom is -0.368 e. The quantitative estimate of drug-likeness (QED) is 0.632. The fourth-order valence-electron chi connectivity index (χ4n) is 4.22. The normalized spacial score (nSPS) is 16.0. The second-order valence-corrected chi connectivity index (χ2v) is 7.73. The number of aromatic nitrogens is 3. The van der Waals surface area contributed by atoms with Gasteiger partial charge in [-0.15, -0.1) is 0 Å². The Bertz CT molecular complexity index is 1150. The Hall–Kier alpha value is -3.69. The Morgan fingerprint density at radius 1 is 1.09 bits per heavy atom. The van der Waals surface area contributed by atoms with E-state index in [1.54, 1.807) is 23.1 Å². The van der Waals surface area contributed by atoms with Crippen molar-refractivity contribution in [1.82, 2.24) is 15.0 Å². The van der Waals surface area contributed by atoms with E-state index in [1.807, 2.05) is 6.07 Å². The first-order valence-electron chi connectivity index (χ1n) is 10.2. The minimum absolute atomic E-state index is 0.0707. The van der Waals surface area contributed by atoms with E-state index in [4.69, 9.17) is 0 Å². The summed E-state index contributed by atoms with van der Waals surface area (Å²) in [5.74, 6) is 0.797. The Labute approximate surface area is 181 Å². The van der Waals surface area contributed by atoms with Gasteiger partial charge in [-0.05, 0) is 43.2 Å². The number of hydrogen-bond acceptors (Lipinski definition) is 5. The number of nitrogens with zero attached hydrogens (tertiary/aromatic N) is 5. The van der Waals surface area contributed by atoms with E-state index in [1.165, 1.54) is 18.6 Å². The molecule has 32 heavy (non-hydrogen) atoms. The Balaban J connectivity index is 1.56. The molecule has 2 bridgehead atoms. The lowest BCUT2D eigenvalue weighted by Gasteiger charge is -2.31. The van der Waals surface area contributed by atoms with Crippen LogP contribution in [-0.4, -0.2) is 40.1 Å². The van der Waals surface area contributed by atoms with Crippen LogP contribution in [0.1, 0.15) is 18.4 Å². The maximum Gasteiger partial charge on any atom is 0.416 e. The summed E-state index contributed by atoms with van der Waals surface area (Å²) in [6, 6.07) is 9.71. The zero-order valence-electron chi connectivity index (χ0n) is 16.9. The summed E-state index contributed by atoms with van der Waals surface area (Å²) in [5, 5.41) is 2.78. The smallest absolute Gasteiger partial charge is 0.368 e. The molecule has 5 heterocycles. The van der Waals surface area contributed by atoms with Crippen LogP contribution in [0.2, 0.25) is 0 Å². The average Bonchev–Trinajstić information content (AvgIpc) is 3.05. The van der Waals surface area contributed by atoms with Gasteiger partial charge in [0.25, 0.3) is 0 Å². The average molecular weight is 440 g/mol. The molecule has 7 nitrogen and oxygen atoms in total. The number of amides is 2. The number of carbonyl (C=O) groups is 1. The second kappa shape index (κ2) is 7.77. The van der Waals surface area contributed by atoms with Crippen molar-refractivity contribution in [3.05, 3.63) is 60.6 Å². The van der Waals surface area contributed by atoms with Gasteiger partial charge in [0.05, 0.1) is 16.9 Å². The molecule has 1 fully saturated rings. The number of halogens is 3. The molecule has 2 aromatic heterocycles. The van der Waals surface area contributed by atoms with Crippen LogP contribution in [0.4, 0.5) is 35.3 Å². The summed E-state index contributed by atoms with van der Waals surface area (Å²) in [6.07, 6.45) is -0.0393. The van der Waals surface area contributed by atoms with Crippen molar-refractivity contribution in [1.29, 1.82) is 0 Å². The highest BCUT2D eigenvalue weighted by Gasteiger charge is 2.37. The van der Waals surface area contributed by atoms with Gasteiger partial charge < -0.3 is 4.90 Å². The van der Waals surface area contributed by atoms with Gasteiger partial charge in [0, 0.05) is 30.9 Å². The highest BCUT2D eigenvalue weighted by molar-refractivity contribution is 6.03. The van der Waals surface area contributed by atoms with E-state index >= 15 is 0 Å². The number of urea groups is 1. The van der Waals surface area contributed by atoms with Gasteiger partial charge >= 0.3 is 12.2 Å². The lowest BCUT2D eigenvalue weighted by molar-refractivity contribution is -0.137. The predicted octanol–water partition coefficient (Wildman–Crippen LogP) is 4.58.